The second kappa shape index (κ2) is 8.02. The molecular weight excluding hydrogens is 415 g/mol. The lowest BCUT2D eigenvalue weighted by Crippen LogP contribution is -2.47. The summed E-state index contributed by atoms with van der Waals surface area (Å²) in [4.78, 5) is 34.0. The van der Waals surface area contributed by atoms with E-state index in [2.05, 4.69) is 4.98 Å². The van der Waals surface area contributed by atoms with Crippen LogP contribution in [0.3, 0.4) is 0 Å². The number of hydrogen-bond acceptors (Lipinski definition) is 4. The van der Waals surface area contributed by atoms with Crippen LogP contribution in [0.2, 0.25) is 0 Å². The van der Waals surface area contributed by atoms with Crippen molar-refractivity contribution in [3.8, 4) is 0 Å². The van der Waals surface area contributed by atoms with E-state index in [9.17, 15) is 22.8 Å². The number of nitrogens with zero attached hydrogens (tertiary/aromatic N) is 3. The molecule has 160 valence electrons. The van der Waals surface area contributed by atoms with Crippen molar-refractivity contribution in [2.24, 2.45) is 0 Å². The van der Waals surface area contributed by atoms with Gasteiger partial charge in [0.25, 0.3) is 5.91 Å². The van der Waals surface area contributed by atoms with E-state index in [1.165, 1.54) is 23.5 Å². The van der Waals surface area contributed by atoms with Crippen molar-refractivity contribution in [2.45, 2.75) is 57.4 Å². The van der Waals surface area contributed by atoms with Gasteiger partial charge in [-0.05, 0) is 37.8 Å². The van der Waals surface area contributed by atoms with Crippen molar-refractivity contribution in [3.63, 3.8) is 0 Å². The van der Waals surface area contributed by atoms with Gasteiger partial charge in [-0.3, -0.25) is 9.59 Å². The first-order valence-corrected chi connectivity index (χ1v) is 10.8. The number of carbonyl (C=O) groups is 2. The highest BCUT2D eigenvalue weighted by Crippen LogP contribution is 2.36. The summed E-state index contributed by atoms with van der Waals surface area (Å²) in [6.07, 6.45) is -2.36. The van der Waals surface area contributed by atoms with E-state index in [4.69, 9.17) is 0 Å². The number of halogens is 3. The van der Waals surface area contributed by atoms with Crippen LogP contribution in [0.15, 0.2) is 29.8 Å². The maximum atomic E-state index is 13.4. The van der Waals surface area contributed by atoms with E-state index in [1.807, 2.05) is 0 Å². The number of rotatable bonds is 3. The number of aromatic nitrogens is 1. The van der Waals surface area contributed by atoms with Gasteiger partial charge >= 0.3 is 6.18 Å². The SMILES string of the molecule is Cc1ncsc1C(=O)N1CC[C@@H]2[C@H]1CCCC(=O)N2Cc1ccccc1C(F)(F)F. The molecule has 1 aromatic heterocycles. The van der Waals surface area contributed by atoms with Gasteiger partial charge in [-0.2, -0.15) is 13.2 Å². The molecule has 5 nitrogen and oxygen atoms in total. The Morgan fingerprint density at radius 1 is 1.23 bits per heavy atom. The lowest BCUT2D eigenvalue weighted by atomic mass is 10.0. The molecule has 2 aliphatic heterocycles. The molecule has 4 rings (SSSR count). The molecule has 9 heteroatoms. The number of amides is 2. The average Bonchev–Trinajstić information content (AvgIpc) is 3.28. The molecule has 30 heavy (non-hydrogen) atoms. The molecule has 0 bridgehead atoms. The minimum Gasteiger partial charge on any atom is -0.333 e. The van der Waals surface area contributed by atoms with Crippen LogP contribution in [-0.2, 0) is 17.5 Å². The third-order valence-corrected chi connectivity index (χ3v) is 6.90. The standard InChI is InChI=1S/C21H22F3N3O2S/c1-13-19(30-12-25-13)20(29)26-10-9-17-16(26)7-4-8-18(28)27(17)11-14-5-2-3-6-15(14)21(22,23)24/h2-3,5-6,12,16-17H,4,7-11H2,1H3/t16-,17-/m1/s1. The van der Waals surface area contributed by atoms with E-state index >= 15 is 0 Å². The van der Waals surface area contributed by atoms with Crippen molar-refractivity contribution < 1.29 is 22.8 Å². The van der Waals surface area contributed by atoms with Crippen LogP contribution >= 0.6 is 11.3 Å². The van der Waals surface area contributed by atoms with Crippen molar-refractivity contribution >= 4 is 23.2 Å². The predicted molar refractivity (Wildman–Crippen MR) is 106 cm³/mol. The number of aryl methyl sites for hydroxylation is 1. The zero-order valence-electron chi connectivity index (χ0n) is 16.5. The smallest absolute Gasteiger partial charge is 0.333 e. The number of benzene rings is 1. The largest absolute Gasteiger partial charge is 0.416 e. The highest BCUT2D eigenvalue weighted by atomic mass is 32.1. The second-order valence-corrected chi connectivity index (χ2v) is 8.61. The molecule has 2 atom stereocenters. The number of hydrogen-bond donors (Lipinski definition) is 0. The fourth-order valence-corrected chi connectivity index (χ4v) is 5.31. The molecule has 0 aliphatic carbocycles. The molecule has 3 heterocycles. The first-order chi connectivity index (χ1) is 14.3. The lowest BCUT2D eigenvalue weighted by molar-refractivity contribution is -0.140. The second-order valence-electron chi connectivity index (χ2n) is 7.76. The predicted octanol–water partition coefficient (Wildman–Crippen LogP) is 4.27. The molecule has 0 N–H and O–H groups in total. The monoisotopic (exact) mass is 437 g/mol. The number of fused-ring (bicyclic) bond motifs is 1. The first kappa shape index (κ1) is 20.8. The minimum absolute atomic E-state index is 0.0853. The van der Waals surface area contributed by atoms with E-state index in [0.717, 1.165) is 6.07 Å². The third-order valence-electron chi connectivity index (χ3n) is 5.99. The summed E-state index contributed by atoms with van der Waals surface area (Å²) in [5, 5.41) is 0. The molecule has 2 saturated heterocycles. The Labute approximate surface area is 176 Å². The molecule has 0 spiro atoms. The van der Waals surface area contributed by atoms with Gasteiger partial charge in [-0.1, -0.05) is 18.2 Å². The summed E-state index contributed by atoms with van der Waals surface area (Å²) in [6, 6.07) is 4.91. The normalized spacial score (nSPS) is 22.2. The van der Waals surface area contributed by atoms with Gasteiger partial charge in [0.1, 0.15) is 4.88 Å². The van der Waals surface area contributed by atoms with E-state index < -0.39 is 11.7 Å². The maximum Gasteiger partial charge on any atom is 0.416 e. The quantitative estimate of drug-likeness (QED) is 0.721. The molecule has 2 fully saturated rings. The van der Waals surface area contributed by atoms with E-state index in [0.29, 0.717) is 36.4 Å². The van der Waals surface area contributed by atoms with Gasteiger partial charge < -0.3 is 9.80 Å². The molecule has 2 aliphatic rings. The fourth-order valence-electron chi connectivity index (χ4n) is 4.55. The van der Waals surface area contributed by atoms with Gasteiger partial charge in [-0.25, -0.2) is 4.98 Å². The Bertz CT molecular complexity index is 959. The summed E-state index contributed by atoms with van der Waals surface area (Å²) in [6.45, 7) is 2.17. The summed E-state index contributed by atoms with van der Waals surface area (Å²) < 4.78 is 40.3. The Morgan fingerprint density at radius 2 is 2.00 bits per heavy atom. The lowest BCUT2D eigenvalue weighted by Gasteiger charge is -2.33. The number of thiazole rings is 1. The van der Waals surface area contributed by atoms with Gasteiger partial charge in [0.15, 0.2) is 0 Å². The fraction of sp³-hybridized carbons (Fsp3) is 0.476. The summed E-state index contributed by atoms with van der Waals surface area (Å²) in [5.74, 6) is -0.254. The molecule has 0 radical (unpaired) electrons. The van der Waals surface area contributed by atoms with Crippen LogP contribution in [0.25, 0.3) is 0 Å². The van der Waals surface area contributed by atoms with Crippen molar-refractivity contribution in [1.82, 2.24) is 14.8 Å². The Morgan fingerprint density at radius 3 is 2.70 bits per heavy atom. The zero-order chi connectivity index (χ0) is 21.5. The number of likely N-dealkylation sites (tertiary alicyclic amines) is 2. The molecule has 0 saturated carbocycles. The number of alkyl halides is 3. The first-order valence-electron chi connectivity index (χ1n) is 9.93. The third kappa shape index (κ3) is 3.82. The van der Waals surface area contributed by atoms with Crippen LogP contribution in [-0.4, -0.2) is 45.2 Å². The van der Waals surface area contributed by atoms with E-state index in [1.54, 1.807) is 28.3 Å². The van der Waals surface area contributed by atoms with Crippen LogP contribution in [0.5, 0.6) is 0 Å². The van der Waals surface area contributed by atoms with Crippen molar-refractivity contribution in [3.05, 3.63) is 51.5 Å². The van der Waals surface area contributed by atoms with Gasteiger partial charge in [0.05, 0.1) is 28.9 Å². The Balaban J connectivity index is 1.62. The maximum absolute atomic E-state index is 13.4. The Kier molecular flexibility index (Phi) is 5.57. The molecule has 1 aromatic carbocycles. The summed E-state index contributed by atoms with van der Waals surface area (Å²) in [5.41, 5.74) is 1.67. The zero-order valence-corrected chi connectivity index (χ0v) is 17.3. The van der Waals surface area contributed by atoms with Gasteiger partial charge in [-0.15, -0.1) is 11.3 Å². The average molecular weight is 437 g/mol. The topological polar surface area (TPSA) is 53.5 Å². The minimum atomic E-state index is -4.48. The van der Waals surface area contributed by atoms with Gasteiger partial charge in [0.2, 0.25) is 5.91 Å². The highest BCUT2D eigenvalue weighted by Gasteiger charge is 2.44. The summed E-state index contributed by atoms with van der Waals surface area (Å²) >= 11 is 1.29. The van der Waals surface area contributed by atoms with Crippen LogP contribution in [0.1, 0.15) is 52.2 Å². The van der Waals surface area contributed by atoms with Crippen LogP contribution in [0.4, 0.5) is 13.2 Å². The van der Waals surface area contributed by atoms with Gasteiger partial charge in [0, 0.05) is 19.5 Å². The molecule has 2 amide bonds. The molecule has 2 aromatic rings. The van der Waals surface area contributed by atoms with Crippen molar-refractivity contribution in [1.29, 1.82) is 0 Å². The molecule has 0 unspecified atom stereocenters. The van der Waals surface area contributed by atoms with Crippen LogP contribution in [0, 0.1) is 6.92 Å². The Hall–Kier alpha value is -2.42. The van der Waals surface area contributed by atoms with Crippen molar-refractivity contribution in [2.75, 3.05) is 6.54 Å². The molecular formula is C21H22F3N3O2S. The summed E-state index contributed by atoms with van der Waals surface area (Å²) in [7, 11) is 0. The number of carbonyl (C=O) groups excluding carboxylic acids is 2. The highest BCUT2D eigenvalue weighted by molar-refractivity contribution is 7.11. The van der Waals surface area contributed by atoms with Crippen LogP contribution < -0.4 is 0 Å². The van der Waals surface area contributed by atoms with E-state index in [-0.39, 0.29) is 42.4 Å².